The number of aromatic nitrogens is 2. The fraction of sp³-hybridized carbons (Fsp3) is 0. The van der Waals surface area contributed by atoms with E-state index in [-0.39, 0.29) is 49.4 Å². The van der Waals surface area contributed by atoms with Crippen molar-refractivity contribution in [3.8, 4) is 65.5 Å². The van der Waals surface area contributed by atoms with E-state index in [1.54, 1.807) is 12.1 Å². The molecule has 0 N–H and O–H groups in total. The van der Waals surface area contributed by atoms with E-state index < -0.39 is 252 Å². The highest BCUT2D eigenvalue weighted by Gasteiger charge is 2.25. The summed E-state index contributed by atoms with van der Waals surface area (Å²) >= 11 is 0.345. The Morgan fingerprint density at radius 3 is 1.80 bits per heavy atom. The van der Waals surface area contributed by atoms with Crippen molar-refractivity contribution >= 4 is 65.5 Å². The molecule has 0 spiro atoms. The molecule has 2 nitrogen and oxygen atoms in total. The van der Waals surface area contributed by atoms with Crippen LogP contribution < -0.4 is 0 Å². The van der Waals surface area contributed by atoms with E-state index in [9.17, 15) is 17.8 Å². The average molecular weight is 823 g/mol. The molecule has 61 heavy (non-hydrogen) atoms. The van der Waals surface area contributed by atoms with E-state index in [4.69, 9.17) is 28.3 Å². The van der Waals surface area contributed by atoms with Crippen LogP contribution in [0.3, 0.4) is 0 Å². The van der Waals surface area contributed by atoms with Crippen molar-refractivity contribution in [1.29, 1.82) is 0 Å². The van der Waals surface area contributed by atoms with Gasteiger partial charge in [-0.25, -0.2) is 4.98 Å². The van der Waals surface area contributed by atoms with Crippen LogP contribution in [-0.2, 0) is 0 Å². The quantitative estimate of drug-likeness (QED) is 0.156. The minimum atomic E-state index is -1.03. The Kier molecular flexibility index (Phi) is 3.90. The second-order valence-electron chi connectivity index (χ2n) is 13.3. The van der Waals surface area contributed by atoms with Gasteiger partial charge in [0.1, 0.15) is 0 Å². The Balaban J connectivity index is 1.29. The fourth-order valence-electron chi connectivity index (χ4n) is 7.41. The Bertz CT molecular complexity index is 5370. The van der Waals surface area contributed by atoms with Gasteiger partial charge in [0.2, 0.25) is 0 Å². The highest BCUT2D eigenvalue weighted by Crippen LogP contribution is 2.54. The van der Waals surface area contributed by atoms with Gasteiger partial charge in [0.05, 0.1) is 57.9 Å². The minimum Gasteiger partial charge on any atom is -0.254 e. The lowest BCUT2D eigenvalue weighted by molar-refractivity contribution is 1.37. The predicted octanol–water partition coefficient (Wildman–Crippen LogP) is 16.3. The number of pyridine rings is 2. The van der Waals surface area contributed by atoms with Crippen LogP contribution in [0.2, 0.25) is 0 Å². The molecular weight excluding hydrogens is 757 g/mol. The number of hydrogen-bond acceptors (Lipinski definition) is 3. The van der Waals surface area contributed by atoms with E-state index in [2.05, 4.69) is 4.98 Å². The monoisotopic (exact) mass is 822 g/mol. The first-order chi connectivity index (χ1) is 42.7. The molecule has 0 aliphatic heterocycles. The zero-order valence-electron chi connectivity index (χ0n) is 60.8. The van der Waals surface area contributed by atoms with Crippen LogP contribution in [0.25, 0.3) is 120 Å². The first-order valence-electron chi connectivity index (χ1n) is 33.3. The zero-order chi connectivity index (χ0) is 66.4. The Morgan fingerprint density at radius 1 is 0.377 bits per heavy atom. The van der Waals surface area contributed by atoms with E-state index in [1.165, 1.54) is 24.3 Å². The number of hydrogen-bond donors (Lipinski definition) is 0. The van der Waals surface area contributed by atoms with Crippen molar-refractivity contribution in [2.75, 3.05) is 0 Å². The van der Waals surface area contributed by atoms with Gasteiger partial charge in [0, 0.05) is 49.0 Å². The Labute approximate surface area is 399 Å². The standard InChI is InChI=1S/C58H36N2S/c1-3-15-37(16-4-1)53-54(57(40-17-5-2-6-18-40)61-58(53)51-36-42-19-7-8-23-44(42)46-24-10-12-27-49(46)51)43-21-13-20-41(35-43)45-31-32-50(48-26-11-9-25-47(45)48)52-33-30-39-29-28-38-22-14-34-59-55(38)56(39)60-52/h1-36H/i1D,2D,3D,4D,5D,6D,7D,8D,10D,12D,13D,14D,15D,16D,17D,18D,19D,20D,21D,22D,23D,24D,27D,28D,29D,30D,33D,34D,35D,36D. The van der Waals surface area contributed by atoms with Gasteiger partial charge < -0.3 is 0 Å². The van der Waals surface area contributed by atoms with Gasteiger partial charge in [-0.05, 0) is 84.3 Å². The van der Waals surface area contributed by atoms with Crippen molar-refractivity contribution in [2.45, 2.75) is 0 Å². The molecule has 12 aromatic rings. The molecule has 0 bridgehead atoms. The molecule has 3 heterocycles. The summed E-state index contributed by atoms with van der Waals surface area (Å²) in [6, 6.07) is -16.2. The van der Waals surface area contributed by atoms with Gasteiger partial charge in [-0.15, -0.1) is 11.3 Å². The SMILES string of the molecule is [2H]c1nc2c(c([2H])c1[2H])c([2H])c([2H])c1c([2H])c([2H])c(-c3ccc(-c4c([2H])c([2H])c([2H])c(-c5c(-c6c([2H])c([2H])c([2H])c([2H])c6[2H])sc(-c6c([2H])c7c([2H])c([2H])c([2H])c([2H])c7c7c([2H])c([2H])c([2H])c([2H])c67)c5-c5c([2H])c([2H])c([2H])c([2H])c5[2H])c4[2H])c4ccccc34)nc12. The molecule has 0 saturated carbocycles. The largest absolute Gasteiger partial charge is 0.254 e. The fourth-order valence-corrected chi connectivity index (χ4v) is 8.68. The molecule has 0 aliphatic carbocycles. The summed E-state index contributed by atoms with van der Waals surface area (Å²) in [6.45, 7) is 0. The predicted molar refractivity (Wildman–Crippen MR) is 260 cm³/mol. The van der Waals surface area contributed by atoms with Crippen LogP contribution in [-0.4, -0.2) is 9.97 Å². The lowest BCUT2D eigenvalue weighted by Crippen LogP contribution is -1.91. The average Bonchev–Trinajstić information content (AvgIpc) is 1.69. The summed E-state index contributed by atoms with van der Waals surface area (Å²) in [5, 5.41) is -2.73. The molecule has 9 aromatic carbocycles. The molecule has 0 unspecified atom stereocenters. The second-order valence-corrected chi connectivity index (χ2v) is 14.4. The van der Waals surface area contributed by atoms with Crippen molar-refractivity contribution in [3.63, 3.8) is 0 Å². The summed E-state index contributed by atoms with van der Waals surface area (Å²) in [6.07, 6.45) is -0.670. The van der Waals surface area contributed by atoms with Gasteiger partial charge >= 0.3 is 0 Å². The lowest BCUT2D eigenvalue weighted by Gasteiger charge is -2.15. The molecule has 0 fully saturated rings. The van der Waals surface area contributed by atoms with Crippen LogP contribution in [0.1, 0.15) is 41.1 Å². The number of thiophene rings is 1. The number of benzene rings is 9. The van der Waals surface area contributed by atoms with Gasteiger partial charge in [0.25, 0.3) is 0 Å². The molecule has 3 heteroatoms. The molecule has 0 atom stereocenters. The van der Waals surface area contributed by atoms with Gasteiger partial charge in [-0.1, -0.05) is 187 Å². The third-order valence-corrected chi connectivity index (χ3v) is 11.2. The zero-order valence-corrected chi connectivity index (χ0v) is 31.6. The van der Waals surface area contributed by atoms with E-state index in [1.807, 2.05) is 0 Å². The van der Waals surface area contributed by atoms with Crippen LogP contribution in [0, 0.1) is 0 Å². The number of nitrogens with zero attached hydrogens (tertiary/aromatic N) is 2. The lowest BCUT2D eigenvalue weighted by atomic mass is 9.87. The van der Waals surface area contributed by atoms with Crippen LogP contribution in [0.4, 0.5) is 0 Å². The van der Waals surface area contributed by atoms with Crippen molar-refractivity contribution in [2.24, 2.45) is 0 Å². The molecule has 0 saturated heterocycles. The Morgan fingerprint density at radius 2 is 0.984 bits per heavy atom. The highest BCUT2D eigenvalue weighted by molar-refractivity contribution is 7.20. The van der Waals surface area contributed by atoms with Crippen molar-refractivity contribution in [3.05, 3.63) is 218 Å². The topological polar surface area (TPSA) is 25.8 Å². The summed E-state index contributed by atoms with van der Waals surface area (Å²) in [5.41, 5.74) is -5.60. The normalized spacial score (nSPS) is 18.5. The van der Waals surface area contributed by atoms with E-state index >= 15 is 0 Å². The van der Waals surface area contributed by atoms with E-state index in [0.29, 0.717) is 11.3 Å². The van der Waals surface area contributed by atoms with E-state index in [0.717, 1.165) is 0 Å². The second kappa shape index (κ2) is 14.5. The first-order valence-corrected chi connectivity index (χ1v) is 19.1. The van der Waals surface area contributed by atoms with Crippen LogP contribution in [0.15, 0.2) is 218 Å². The molecule has 0 amide bonds. The maximum Gasteiger partial charge on any atom is 0.0972 e. The van der Waals surface area contributed by atoms with Crippen LogP contribution >= 0.6 is 11.3 Å². The van der Waals surface area contributed by atoms with Gasteiger partial charge in [0.15, 0.2) is 0 Å². The molecule has 0 aliphatic rings. The molecular formula is C58H36N2S. The highest BCUT2D eigenvalue weighted by atomic mass is 32.1. The number of fused-ring (bicyclic) bond motifs is 7. The molecule has 3 aromatic heterocycles. The Hall–Kier alpha value is -7.72. The maximum absolute atomic E-state index is 10.4. The third kappa shape index (κ3) is 5.93. The number of rotatable bonds is 6. The molecule has 284 valence electrons. The summed E-state index contributed by atoms with van der Waals surface area (Å²) in [5.74, 6) is 0. The minimum absolute atomic E-state index is 0.0640. The maximum atomic E-state index is 10.4. The first kappa shape index (κ1) is 16.4. The smallest absolute Gasteiger partial charge is 0.0972 e. The van der Waals surface area contributed by atoms with Crippen LogP contribution in [0.5, 0.6) is 0 Å². The summed E-state index contributed by atoms with van der Waals surface area (Å²) < 4.78 is 274. The molecule has 0 radical (unpaired) electrons. The van der Waals surface area contributed by atoms with Crippen molar-refractivity contribution < 1.29 is 41.1 Å². The summed E-state index contributed by atoms with van der Waals surface area (Å²) in [7, 11) is 0. The van der Waals surface area contributed by atoms with Crippen molar-refractivity contribution in [1.82, 2.24) is 9.97 Å². The van der Waals surface area contributed by atoms with Gasteiger partial charge in [-0.3, -0.25) is 4.98 Å². The molecule has 12 rings (SSSR count). The third-order valence-electron chi connectivity index (χ3n) is 10.0. The summed E-state index contributed by atoms with van der Waals surface area (Å²) in [4.78, 5) is 7.68. The van der Waals surface area contributed by atoms with Gasteiger partial charge in [-0.2, -0.15) is 0 Å².